The van der Waals surface area contributed by atoms with Crippen LogP contribution in [-0.2, 0) is 0 Å². The van der Waals surface area contributed by atoms with Crippen molar-refractivity contribution in [3.05, 3.63) is 48.5 Å². The van der Waals surface area contributed by atoms with Gasteiger partial charge in [-0.05, 0) is 48.5 Å². The molecule has 0 unspecified atom stereocenters. The van der Waals surface area contributed by atoms with Crippen LogP contribution in [0.15, 0.2) is 48.5 Å². The zero-order chi connectivity index (χ0) is 14.7. The Labute approximate surface area is 127 Å². The molecule has 0 aliphatic rings. The molecule has 4 nitrogen and oxygen atoms in total. The highest BCUT2D eigenvalue weighted by atomic mass is 32.1. The van der Waals surface area contributed by atoms with E-state index in [0.717, 1.165) is 32.6 Å². The third-order valence-electron chi connectivity index (χ3n) is 3.10. The minimum atomic E-state index is 0.832. The number of ether oxygens (including phenoxy) is 2. The van der Waals surface area contributed by atoms with Gasteiger partial charge >= 0.3 is 0 Å². The van der Waals surface area contributed by atoms with Crippen LogP contribution in [0.1, 0.15) is 0 Å². The van der Waals surface area contributed by atoms with Crippen molar-refractivity contribution in [2.45, 2.75) is 0 Å². The highest BCUT2D eigenvalue weighted by molar-refractivity contribution is 7.17. The Morgan fingerprint density at radius 1 is 0.667 bits per heavy atom. The van der Waals surface area contributed by atoms with Crippen molar-refractivity contribution in [3.63, 3.8) is 0 Å². The van der Waals surface area contributed by atoms with Gasteiger partial charge in [-0.15, -0.1) is 10.2 Å². The van der Waals surface area contributed by atoms with Crippen LogP contribution in [-0.4, -0.2) is 24.4 Å². The van der Waals surface area contributed by atoms with Crippen molar-refractivity contribution in [2.24, 2.45) is 0 Å². The van der Waals surface area contributed by atoms with Crippen LogP contribution in [0.5, 0.6) is 11.5 Å². The molecule has 21 heavy (non-hydrogen) atoms. The number of hydrogen-bond acceptors (Lipinski definition) is 5. The molecule has 1 heterocycles. The Morgan fingerprint density at radius 3 is 1.38 bits per heavy atom. The van der Waals surface area contributed by atoms with Crippen molar-refractivity contribution in [2.75, 3.05) is 14.2 Å². The van der Waals surface area contributed by atoms with E-state index in [1.807, 2.05) is 48.5 Å². The summed E-state index contributed by atoms with van der Waals surface area (Å²) in [5.74, 6) is 1.66. The van der Waals surface area contributed by atoms with E-state index in [2.05, 4.69) is 10.2 Å². The first kappa shape index (κ1) is 13.6. The fourth-order valence-electron chi connectivity index (χ4n) is 1.92. The van der Waals surface area contributed by atoms with Gasteiger partial charge in [-0.3, -0.25) is 0 Å². The lowest BCUT2D eigenvalue weighted by atomic mass is 10.2. The fourth-order valence-corrected chi connectivity index (χ4v) is 2.78. The molecule has 3 rings (SSSR count). The van der Waals surface area contributed by atoms with Crippen LogP contribution in [0.25, 0.3) is 21.1 Å². The average molecular weight is 298 g/mol. The van der Waals surface area contributed by atoms with Gasteiger partial charge in [-0.2, -0.15) is 0 Å². The van der Waals surface area contributed by atoms with Gasteiger partial charge in [0.2, 0.25) is 0 Å². The molecule has 0 fully saturated rings. The van der Waals surface area contributed by atoms with Crippen molar-refractivity contribution >= 4 is 11.3 Å². The summed E-state index contributed by atoms with van der Waals surface area (Å²) in [5, 5.41) is 10.3. The molecule has 0 saturated heterocycles. The van der Waals surface area contributed by atoms with E-state index in [9.17, 15) is 0 Å². The molecule has 106 valence electrons. The molecule has 3 aromatic rings. The van der Waals surface area contributed by atoms with Crippen LogP contribution in [0.3, 0.4) is 0 Å². The summed E-state index contributed by atoms with van der Waals surface area (Å²) in [4.78, 5) is 0. The molecule has 0 N–H and O–H groups in total. The molecule has 0 aliphatic heterocycles. The lowest BCUT2D eigenvalue weighted by Gasteiger charge is -2.00. The minimum Gasteiger partial charge on any atom is -0.497 e. The third kappa shape index (κ3) is 2.87. The smallest absolute Gasteiger partial charge is 0.148 e. The topological polar surface area (TPSA) is 44.2 Å². The molecule has 0 saturated carbocycles. The maximum absolute atomic E-state index is 5.16. The lowest BCUT2D eigenvalue weighted by molar-refractivity contribution is 0.415. The van der Waals surface area contributed by atoms with E-state index in [1.54, 1.807) is 25.6 Å². The predicted molar refractivity (Wildman–Crippen MR) is 83.9 cm³/mol. The monoisotopic (exact) mass is 298 g/mol. The average Bonchev–Trinajstić information content (AvgIpc) is 3.05. The summed E-state index contributed by atoms with van der Waals surface area (Å²) in [6, 6.07) is 15.6. The van der Waals surface area contributed by atoms with Crippen molar-refractivity contribution in [3.8, 4) is 32.6 Å². The van der Waals surface area contributed by atoms with Gasteiger partial charge in [0.25, 0.3) is 0 Å². The van der Waals surface area contributed by atoms with Gasteiger partial charge in [0.1, 0.15) is 21.5 Å². The molecular formula is C16H14N2O2S. The van der Waals surface area contributed by atoms with E-state index >= 15 is 0 Å². The van der Waals surface area contributed by atoms with Gasteiger partial charge in [0, 0.05) is 11.1 Å². The molecule has 0 bridgehead atoms. The largest absolute Gasteiger partial charge is 0.497 e. The van der Waals surface area contributed by atoms with Gasteiger partial charge in [0.15, 0.2) is 0 Å². The van der Waals surface area contributed by atoms with Gasteiger partial charge < -0.3 is 9.47 Å². The Kier molecular flexibility index (Phi) is 3.83. The Balaban J connectivity index is 1.87. The SMILES string of the molecule is COc1ccc(-c2nnc(-c3ccc(OC)cc3)s2)cc1. The second-order valence-corrected chi connectivity index (χ2v) is 5.35. The first-order valence-electron chi connectivity index (χ1n) is 6.42. The van der Waals surface area contributed by atoms with Crippen LogP contribution in [0.2, 0.25) is 0 Å². The Morgan fingerprint density at radius 2 is 1.05 bits per heavy atom. The molecule has 0 radical (unpaired) electrons. The van der Waals surface area contributed by atoms with E-state index in [-0.39, 0.29) is 0 Å². The lowest BCUT2D eigenvalue weighted by Crippen LogP contribution is -1.82. The van der Waals surface area contributed by atoms with Crippen molar-refractivity contribution in [1.29, 1.82) is 0 Å². The maximum atomic E-state index is 5.16. The van der Waals surface area contributed by atoms with Gasteiger partial charge in [-0.1, -0.05) is 11.3 Å². The highest BCUT2D eigenvalue weighted by Gasteiger charge is 2.08. The fraction of sp³-hybridized carbons (Fsp3) is 0.125. The highest BCUT2D eigenvalue weighted by Crippen LogP contribution is 2.31. The summed E-state index contributed by atoms with van der Waals surface area (Å²) in [7, 11) is 3.31. The molecule has 0 amide bonds. The van der Waals surface area contributed by atoms with Crippen molar-refractivity contribution < 1.29 is 9.47 Å². The molecule has 5 heteroatoms. The van der Waals surface area contributed by atoms with Crippen LogP contribution in [0.4, 0.5) is 0 Å². The standard InChI is InChI=1S/C16H14N2O2S/c1-19-13-7-3-11(4-8-13)15-17-18-16(21-15)12-5-9-14(20-2)10-6-12/h3-10H,1-2H3. The van der Waals surface area contributed by atoms with Gasteiger partial charge in [-0.25, -0.2) is 0 Å². The Hall–Kier alpha value is -2.40. The second-order valence-electron chi connectivity index (χ2n) is 4.37. The third-order valence-corrected chi connectivity index (χ3v) is 4.12. The number of nitrogens with zero attached hydrogens (tertiary/aromatic N) is 2. The normalized spacial score (nSPS) is 10.4. The zero-order valence-corrected chi connectivity index (χ0v) is 12.6. The minimum absolute atomic E-state index is 0.832. The Bertz CT molecular complexity index is 659. The molecule has 0 spiro atoms. The van der Waals surface area contributed by atoms with Gasteiger partial charge in [0.05, 0.1) is 14.2 Å². The summed E-state index contributed by atoms with van der Waals surface area (Å²) in [6.45, 7) is 0. The van der Waals surface area contributed by atoms with E-state index in [4.69, 9.17) is 9.47 Å². The number of rotatable bonds is 4. The van der Waals surface area contributed by atoms with Crippen LogP contribution in [0, 0.1) is 0 Å². The van der Waals surface area contributed by atoms with E-state index in [1.165, 1.54) is 0 Å². The summed E-state index contributed by atoms with van der Waals surface area (Å²) < 4.78 is 10.3. The number of methoxy groups -OCH3 is 2. The summed E-state index contributed by atoms with van der Waals surface area (Å²) in [5.41, 5.74) is 2.07. The zero-order valence-electron chi connectivity index (χ0n) is 11.7. The second kappa shape index (κ2) is 5.93. The van der Waals surface area contributed by atoms with Crippen LogP contribution >= 0.6 is 11.3 Å². The predicted octanol–water partition coefficient (Wildman–Crippen LogP) is 3.89. The molecule has 2 aromatic carbocycles. The van der Waals surface area contributed by atoms with E-state index < -0.39 is 0 Å². The summed E-state index contributed by atoms with van der Waals surface area (Å²) in [6.07, 6.45) is 0. The molecule has 0 atom stereocenters. The molecular weight excluding hydrogens is 284 g/mol. The first-order chi connectivity index (χ1) is 10.3. The summed E-state index contributed by atoms with van der Waals surface area (Å²) >= 11 is 1.56. The first-order valence-corrected chi connectivity index (χ1v) is 7.24. The maximum Gasteiger partial charge on any atom is 0.148 e. The molecule has 1 aromatic heterocycles. The van der Waals surface area contributed by atoms with Crippen LogP contribution < -0.4 is 9.47 Å². The number of benzene rings is 2. The molecule has 0 aliphatic carbocycles. The number of aromatic nitrogens is 2. The number of hydrogen-bond donors (Lipinski definition) is 0. The van der Waals surface area contributed by atoms with E-state index in [0.29, 0.717) is 0 Å². The van der Waals surface area contributed by atoms with Crippen molar-refractivity contribution in [1.82, 2.24) is 10.2 Å². The quantitative estimate of drug-likeness (QED) is 0.733.